The Balaban J connectivity index is 1.73. The molecule has 0 atom stereocenters. The van der Waals surface area contributed by atoms with Gasteiger partial charge in [-0.1, -0.05) is 26.0 Å². The lowest BCUT2D eigenvalue weighted by Gasteiger charge is -2.37. The van der Waals surface area contributed by atoms with Gasteiger partial charge in [0, 0.05) is 25.3 Å². The van der Waals surface area contributed by atoms with Crippen molar-refractivity contribution in [1.29, 1.82) is 0 Å². The highest BCUT2D eigenvalue weighted by Gasteiger charge is 2.31. The van der Waals surface area contributed by atoms with E-state index in [9.17, 15) is 9.90 Å². The molecule has 4 nitrogen and oxygen atoms in total. The molecule has 2 aromatic rings. The largest absolute Gasteiger partial charge is 0.508 e. The van der Waals surface area contributed by atoms with Crippen LogP contribution in [-0.4, -0.2) is 30.8 Å². The van der Waals surface area contributed by atoms with Crippen LogP contribution in [0.2, 0.25) is 0 Å². The maximum Gasteiger partial charge on any atom is 0.251 e. The highest BCUT2D eigenvalue weighted by atomic mass is 16.5. The summed E-state index contributed by atoms with van der Waals surface area (Å²) >= 11 is 0. The Morgan fingerprint density at radius 2 is 2.00 bits per heavy atom. The van der Waals surface area contributed by atoms with Gasteiger partial charge in [0.25, 0.3) is 5.91 Å². The average molecular weight is 327 g/mol. The normalized spacial score (nSPS) is 16.2. The number of rotatable bonds is 4. The molecule has 0 bridgehead atoms. The van der Waals surface area contributed by atoms with Gasteiger partial charge < -0.3 is 15.2 Å². The fourth-order valence-corrected chi connectivity index (χ4v) is 3.50. The molecule has 0 spiro atoms. The standard InChI is InChI=1S/C20H25NO3/c1-20(2,15-8-10-24-11-9-15)13-21-19(23)18-5-3-4-14-12-16(22)6-7-17(14)18/h3-7,12,15,22H,8-11,13H2,1-2H3,(H,21,23). The maximum absolute atomic E-state index is 12.7. The van der Waals surface area contributed by atoms with Gasteiger partial charge in [0.05, 0.1) is 0 Å². The van der Waals surface area contributed by atoms with Crippen LogP contribution in [0, 0.1) is 11.3 Å². The molecule has 128 valence electrons. The third-order valence-corrected chi connectivity index (χ3v) is 5.14. The second-order valence-electron chi connectivity index (χ2n) is 7.27. The van der Waals surface area contributed by atoms with Crippen LogP contribution in [-0.2, 0) is 4.74 Å². The zero-order valence-corrected chi connectivity index (χ0v) is 14.3. The van der Waals surface area contributed by atoms with Gasteiger partial charge in [0.1, 0.15) is 5.75 Å². The van der Waals surface area contributed by atoms with Crippen molar-refractivity contribution in [1.82, 2.24) is 5.32 Å². The number of aromatic hydroxyl groups is 1. The van der Waals surface area contributed by atoms with Crippen LogP contribution in [0.15, 0.2) is 36.4 Å². The number of phenols is 1. The van der Waals surface area contributed by atoms with Crippen LogP contribution in [0.25, 0.3) is 10.8 Å². The molecule has 2 aromatic carbocycles. The van der Waals surface area contributed by atoms with E-state index in [0.29, 0.717) is 18.0 Å². The van der Waals surface area contributed by atoms with Crippen LogP contribution in [0.1, 0.15) is 37.0 Å². The summed E-state index contributed by atoms with van der Waals surface area (Å²) in [4.78, 5) is 12.7. The van der Waals surface area contributed by atoms with Gasteiger partial charge in [0.15, 0.2) is 0 Å². The van der Waals surface area contributed by atoms with E-state index >= 15 is 0 Å². The van der Waals surface area contributed by atoms with E-state index in [2.05, 4.69) is 19.2 Å². The Morgan fingerprint density at radius 3 is 2.75 bits per heavy atom. The second-order valence-corrected chi connectivity index (χ2v) is 7.27. The molecule has 1 fully saturated rings. The van der Waals surface area contributed by atoms with E-state index in [-0.39, 0.29) is 17.1 Å². The smallest absolute Gasteiger partial charge is 0.251 e. The molecule has 24 heavy (non-hydrogen) atoms. The molecular weight excluding hydrogens is 302 g/mol. The number of nitrogens with one attached hydrogen (secondary N) is 1. The SMILES string of the molecule is CC(C)(CNC(=O)c1cccc2cc(O)ccc12)C1CCOCC1. The third kappa shape index (κ3) is 3.54. The minimum atomic E-state index is -0.0635. The number of phenolic OH excluding ortho intramolecular Hbond substituents is 1. The lowest BCUT2D eigenvalue weighted by atomic mass is 9.74. The molecule has 4 heteroatoms. The van der Waals surface area contributed by atoms with Gasteiger partial charge in [-0.15, -0.1) is 0 Å². The van der Waals surface area contributed by atoms with Crippen molar-refractivity contribution < 1.29 is 14.6 Å². The summed E-state index contributed by atoms with van der Waals surface area (Å²) in [7, 11) is 0. The number of hydrogen-bond donors (Lipinski definition) is 2. The summed E-state index contributed by atoms with van der Waals surface area (Å²) in [5, 5.41) is 14.4. The van der Waals surface area contributed by atoms with E-state index in [4.69, 9.17) is 4.74 Å². The number of amides is 1. The van der Waals surface area contributed by atoms with Crippen molar-refractivity contribution in [3.8, 4) is 5.75 Å². The topological polar surface area (TPSA) is 58.6 Å². The number of hydrogen-bond acceptors (Lipinski definition) is 3. The predicted molar refractivity (Wildman–Crippen MR) is 95.3 cm³/mol. The van der Waals surface area contributed by atoms with Crippen LogP contribution < -0.4 is 5.32 Å². The van der Waals surface area contributed by atoms with E-state index in [0.717, 1.165) is 36.8 Å². The molecule has 1 heterocycles. The first-order chi connectivity index (χ1) is 11.5. The summed E-state index contributed by atoms with van der Waals surface area (Å²) in [6.07, 6.45) is 2.10. The molecular formula is C20H25NO3. The van der Waals surface area contributed by atoms with E-state index in [1.807, 2.05) is 18.2 Å². The molecule has 0 radical (unpaired) electrons. The minimum absolute atomic E-state index is 0.0439. The predicted octanol–water partition coefficient (Wildman–Crippen LogP) is 3.73. The zero-order chi connectivity index (χ0) is 17.2. The van der Waals surface area contributed by atoms with Gasteiger partial charge in [-0.2, -0.15) is 0 Å². The minimum Gasteiger partial charge on any atom is -0.508 e. The summed E-state index contributed by atoms with van der Waals surface area (Å²) in [5.41, 5.74) is 0.692. The quantitative estimate of drug-likeness (QED) is 0.899. The summed E-state index contributed by atoms with van der Waals surface area (Å²) in [6, 6.07) is 10.7. The molecule has 1 saturated heterocycles. The molecule has 1 aliphatic rings. The fourth-order valence-electron chi connectivity index (χ4n) is 3.50. The Bertz CT molecular complexity index is 733. The highest BCUT2D eigenvalue weighted by molar-refractivity contribution is 6.07. The first-order valence-electron chi connectivity index (χ1n) is 8.55. The monoisotopic (exact) mass is 327 g/mol. The van der Waals surface area contributed by atoms with Crippen molar-refractivity contribution in [2.24, 2.45) is 11.3 Å². The number of carbonyl (C=O) groups excluding carboxylic acids is 1. The van der Waals surface area contributed by atoms with Crippen LogP contribution in [0.4, 0.5) is 0 Å². The molecule has 2 N–H and O–H groups in total. The number of carbonyl (C=O) groups is 1. The molecule has 0 saturated carbocycles. The van der Waals surface area contributed by atoms with E-state index in [1.54, 1.807) is 18.2 Å². The molecule has 1 amide bonds. The lowest BCUT2D eigenvalue weighted by Crippen LogP contribution is -2.40. The van der Waals surface area contributed by atoms with Crippen LogP contribution >= 0.6 is 0 Å². The second kappa shape index (κ2) is 6.81. The average Bonchev–Trinajstić information content (AvgIpc) is 2.59. The Hall–Kier alpha value is -2.07. The molecule has 0 aromatic heterocycles. The Labute approximate surface area is 142 Å². The molecule has 1 aliphatic heterocycles. The zero-order valence-electron chi connectivity index (χ0n) is 14.3. The van der Waals surface area contributed by atoms with Crippen molar-refractivity contribution in [3.63, 3.8) is 0 Å². The lowest BCUT2D eigenvalue weighted by molar-refractivity contribution is 0.0228. The van der Waals surface area contributed by atoms with Crippen molar-refractivity contribution in [2.45, 2.75) is 26.7 Å². The van der Waals surface area contributed by atoms with Gasteiger partial charge in [-0.3, -0.25) is 4.79 Å². The first-order valence-corrected chi connectivity index (χ1v) is 8.55. The van der Waals surface area contributed by atoms with Gasteiger partial charge in [-0.25, -0.2) is 0 Å². The summed E-state index contributed by atoms with van der Waals surface area (Å²) < 4.78 is 5.44. The van der Waals surface area contributed by atoms with E-state index in [1.165, 1.54) is 0 Å². The van der Waals surface area contributed by atoms with Gasteiger partial charge in [0.2, 0.25) is 0 Å². The molecule has 0 aliphatic carbocycles. The Kier molecular flexibility index (Phi) is 4.76. The van der Waals surface area contributed by atoms with Gasteiger partial charge in [-0.05, 0) is 59.2 Å². The first kappa shape index (κ1) is 16.8. The van der Waals surface area contributed by atoms with Crippen LogP contribution in [0.3, 0.4) is 0 Å². The summed E-state index contributed by atoms with van der Waals surface area (Å²) in [5.74, 6) is 0.711. The Morgan fingerprint density at radius 1 is 1.25 bits per heavy atom. The number of benzene rings is 2. The van der Waals surface area contributed by atoms with Gasteiger partial charge >= 0.3 is 0 Å². The number of fused-ring (bicyclic) bond motifs is 1. The third-order valence-electron chi connectivity index (χ3n) is 5.14. The molecule has 0 unspecified atom stereocenters. The maximum atomic E-state index is 12.7. The summed E-state index contributed by atoms with van der Waals surface area (Å²) in [6.45, 7) is 6.70. The van der Waals surface area contributed by atoms with Crippen molar-refractivity contribution >= 4 is 16.7 Å². The van der Waals surface area contributed by atoms with Crippen molar-refractivity contribution in [2.75, 3.05) is 19.8 Å². The fraction of sp³-hybridized carbons (Fsp3) is 0.450. The number of ether oxygens (including phenoxy) is 1. The molecule has 3 rings (SSSR count). The van der Waals surface area contributed by atoms with E-state index < -0.39 is 0 Å². The highest BCUT2D eigenvalue weighted by Crippen LogP contribution is 2.34. The van der Waals surface area contributed by atoms with Crippen molar-refractivity contribution in [3.05, 3.63) is 42.0 Å². The van der Waals surface area contributed by atoms with Crippen LogP contribution in [0.5, 0.6) is 5.75 Å².